The molecule has 1 aliphatic rings. The number of hydrogen-bond donors (Lipinski definition) is 0. The van der Waals surface area contributed by atoms with Crippen LogP contribution in [0.5, 0.6) is 5.75 Å². The van der Waals surface area contributed by atoms with Gasteiger partial charge in [0, 0.05) is 32.9 Å². The van der Waals surface area contributed by atoms with Crippen molar-refractivity contribution in [3.05, 3.63) is 53.7 Å². The second-order valence-corrected chi connectivity index (χ2v) is 6.25. The van der Waals surface area contributed by atoms with Crippen molar-refractivity contribution in [1.29, 1.82) is 0 Å². The topological polar surface area (TPSA) is 45.7 Å². The van der Waals surface area contributed by atoms with Gasteiger partial charge in [0.05, 0.1) is 5.56 Å². The van der Waals surface area contributed by atoms with Crippen LogP contribution < -0.4 is 9.64 Å². The second kappa shape index (κ2) is 8.12. The van der Waals surface area contributed by atoms with E-state index in [1.165, 1.54) is 12.1 Å². The highest BCUT2D eigenvalue weighted by molar-refractivity contribution is 5.98. The Hall–Kier alpha value is -2.70. The van der Waals surface area contributed by atoms with E-state index in [1.54, 1.807) is 42.4 Å². The minimum absolute atomic E-state index is 0.0984. The van der Waals surface area contributed by atoms with Crippen molar-refractivity contribution >= 4 is 11.7 Å². The van der Waals surface area contributed by atoms with Crippen molar-refractivity contribution in [3.8, 4) is 5.75 Å². The molecule has 0 N–H and O–H groups in total. The number of benzene rings is 1. The van der Waals surface area contributed by atoms with Gasteiger partial charge < -0.3 is 14.5 Å². The van der Waals surface area contributed by atoms with Gasteiger partial charge in [-0.2, -0.15) is 8.78 Å². The van der Waals surface area contributed by atoms with Gasteiger partial charge in [-0.3, -0.25) is 4.79 Å². The summed E-state index contributed by atoms with van der Waals surface area (Å²) in [5, 5.41) is 0. The van der Waals surface area contributed by atoms with E-state index in [0.29, 0.717) is 12.1 Å². The van der Waals surface area contributed by atoms with Crippen LogP contribution in [0, 0.1) is 0 Å². The van der Waals surface area contributed by atoms with Gasteiger partial charge in [-0.15, -0.1) is 0 Å². The Morgan fingerprint density at radius 1 is 1.23 bits per heavy atom. The summed E-state index contributed by atoms with van der Waals surface area (Å²) in [5.41, 5.74) is 1.41. The first-order valence-electron chi connectivity index (χ1n) is 8.54. The predicted octanol–water partition coefficient (Wildman–Crippen LogP) is 3.56. The number of rotatable bonds is 6. The number of carbonyl (C=O) groups is 1. The Morgan fingerprint density at radius 3 is 2.58 bits per heavy atom. The summed E-state index contributed by atoms with van der Waals surface area (Å²) in [7, 11) is 1.71. The zero-order valence-electron chi connectivity index (χ0n) is 14.6. The van der Waals surface area contributed by atoms with Crippen molar-refractivity contribution in [2.75, 3.05) is 25.0 Å². The summed E-state index contributed by atoms with van der Waals surface area (Å²) in [6.45, 7) is -0.666. The molecule has 0 radical (unpaired) electrons. The molecule has 26 heavy (non-hydrogen) atoms. The Balaban J connectivity index is 1.70. The maximum atomic E-state index is 12.9. The first-order valence-corrected chi connectivity index (χ1v) is 8.54. The molecular formula is C19H21F2N3O2. The summed E-state index contributed by atoms with van der Waals surface area (Å²) >= 11 is 0. The maximum absolute atomic E-state index is 12.9. The van der Waals surface area contributed by atoms with Crippen molar-refractivity contribution in [1.82, 2.24) is 9.88 Å². The minimum atomic E-state index is -2.85. The van der Waals surface area contributed by atoms with Crippen LogP contribution in [0.25, 0.3) is 0 Å². The summed E-state index contributed by atoms with van der Waals surface area (Å²) in [6, 6.07) is 9.84. The van der Waals surface area contributed by atoms with Gasteiger partial charge in [-0.25, -0.2) is 4.98 Å². The molecule has 1 fully saturated rings. The number of pyridine rings is 1. The van der Waals surface area contributed by atoms with Gasteiger partial charge in [0.2, 0.25) is 0 Å². The van der Waals surface area contributed by atoms with Crippen molar-refractivity contribution in [3.63, 3.8) is 0 Å². The monoisotopic (exact) mass is 361 g/mol. The van der Waals surface area contributed by atoms with E-state index in [9.17, 15) is 13.6 Å². The number of anilines is 1. The van der Waals surface area contributed by atoms with Crippen LogP contribution in [0.15, 0.2) is 42.6 Å². The number of amides is 1. The van der Waals surface area contributed by atoms with E-state index >= 15 is 0 Å². The van der Waals surface area contributed by atoms with Gasteiger partial charge in [-0.1, -0.05) is 12.1 Å². The third kappa shape index (κ3) is 4.28. The molecule has 1 saturated heterocycles. The number of carbonyl (C=O) groups excluding carboxylic acids is 1. The average molecular weight is 361 g/mol. The molecule has 0 spiro atoms. The number of halogens is 2. The fourth-order valence-corrected chi connectivity index (χ4v) is 3.07. The standard InChI is InChI=1S/C19H21F2N3O2/c1-23(13-14-6-8-15(9-7-14)26-19(20)21)18(25)16-5-4-10-22-17(16)24-11-2-3-12-24/h4-10,19H,2-3,11-13H2,1H3. The molecular weight excluding hydrogens is 340 g/mol. The van der Waals surface area contributed by atoms with Crippen molar-refractivity contribution in [2.24, 2.45) is 0 Å². The zero-order chi connectivity index (χ0) is 18.5. The molecule has 5 nitrogen and oxygen atoms in total. The lowest BCUT2D eigenvalue weighted by Crippen LogP contribution is -2.29. The molecule has 2 aromatic rings. The van der Waals surface area contributed by atoms with Gasteiger partial charge in [0.1, 0.15) is 11.6 Å². The molecule has 3 rings (SSSR count). The van der Waals surface area contributed by atoms with Crippen molar-refractivity contribution < 1.29 is 18.3 Å². The third-order valence-corrected chi connectivity index (χ3v) is 4.34. The highest BCUT2D eigenvalue weighted by atomic mass is 19.3. The van der Waals surface area contributed by atoms with Gasteiger partial charge in [-0.05, 0) is 42.7 Å². The SMILES string of the molecule is CN(Cc1ccc(OC(F)F)cc1)C(=O)c1cccnc1N1CCCC1. The van der Waals surface area contributed by atoms with Crippen LogP contribution in [0.1, 0.15) is 28.8 Å². The summed E-state index contributed by atoms with van der Waals surface area (Å²) in [6.07, 6.45) is 3.91. The van der Waals surface area contributed by atoms with Crippen molar-refractivity contribution in [2.45, 2.75) is 26.0 Å². The minimum Gasteiger partial charge on any atom is -0.435 e. The molecule has 0 bridgehead atoms. The first kappa shape index (κ1) is 18.1. The zero-order valence-corrected chi connectivity index (χ0v) is 14.6. The fraction of sp³-hybridized carbons (Fsp3) is 0.368. The lowest BCUT2D eigenvalue weighted by Gasteiger charge is -2.23. The van der Waals surface area contributed by atoms with Crippen LogP contribution in [0.4, 0.5) is 14.6 Å². The smallest absolute Gasteiger partial charge is 0.387 e. The normalized spacial score (nSPS) is 13.9. The largest absolute Gasteiger partial charge is 0.435 e. The van der Waals surface area contributed by atoms with Crippen LogP contribution in [0.3, 0.4) is 0 Å². The molecule has 0 aliphatic carbocycles. The van der Waals surface area contributed by atoms with E-state index in [4.69, 9.17) is 0 Å². The number of aromatic nitrogens is 1. The van der Waals surface area contributed by atoms with E-state index in [-0.39, 0.29) is 11.7 Å². The quantitative estimate of drug-likeness (QED) is 0.789. The van der Waals surface area contributed by atoms with Crippen LogP contribution >= 0.6 is 0 Å². The molecule has 0 atom stereocenters. The lowest BCUT2D eigenvalue weighted by molar-refractivity contribution is -0.0498. The molecule has 1 aliphatic heterocycles. The fourth-order valence-electron chi connectivity index (χ4n) is 3.07. The molecule has 1 aromatic heterocycles. The van der Waals surface area contributed by atoms with E-state index in [2.05, 4.69) is 14.6 Å². The molecule has 1 amide bonds. The summed E-state index contributed by atoms with van der Waals surface area (Å²) in [5.74, 6) is 0.705. The summed E-state index contributed by atoms with van der Waals surface area (Å²) in [4.78, 5) is 21.0. The van der Waals surface area contributed by atoms with Crippen LogP contribution in [0.2, 0.25) is 0 Å². The van der Waals surface area contributed by atoms with E-state index in [1.807, 2.05) is 0 Å². The number of ether oxygens (including phenoxy) is 1. The molecule has 0 unspecified atom stereocenters. The van der Waals surface area contributed by atoms with Gasteiger partial charge in [0.25, 0.3) is 5.91 Å². The molecule has 1 aromatic carbocycles. The van der Waals surface area contributed by atoms with E-state index in [0.717, 1.165) is 37.3 Å². The highest BCUT2D eigenvalue weighted by Crippen LogP contribution is 2.23. The second-order valence-electron chi connectivity index (χ2n) is 6.25. The number of alkyl halides is 2. The molecule has 7 heteroatoms. The highest BCUT2D eigenvalue weighted by Gasteiger charge is 2.22. The predicted molar refractivity (Wildman–Crippen MR) is 94.6 cm³/mol. The Bertz CT molecular complexity index is 747. The Labute approximate surface area is 151 Å². The van der Waals surface area contributed by atoms with E-state index < -0.39 is 6.61 Å². The molecule has 138 valence electrons. The first-order chi connectivity index (χ1) is 12.5. The summed E-state index contributed by atoms with van der Waals surface area (Å²) < 4.78 is 28.7. The van der Waals surface area contributed by atoms with Crippen LogP contribution in [-0.4, -0.2) is 42.5 Å². The maximum Gasteiger partial charge on any atom is 0.387 e. The Kier molecular flexibility index (Phi) is 5.65. The van der Waals surface area contributed by atoms with Gasteiger partial charge >= 0.3 is 6.61 Å². The molecule has 0 saturated carbocycles. The number of nitrogens with zero attached hydrogens (tertiary/aromatic N) is 3. The van der Waals surface area contributed by atoms with Gasteiger partial charge in [0.15, 0.2) is 0 Å². The van der Waals surface area contributed by atoms with Crippen LogP contribution in [-0.2, 0) is 6.54 Å². The number of hydrogen-bond acceptors (Lipinski definition) is 4. The molecule has 2 heterocycles. The third-order valence-electron chi connectivity index (χ3n) is 4.34. The lowest BCUT2D eigenvalue weighted by atomic mass is 10.1. The Morgan fingerprint density at radius 2 is 1.92 bits per heavy atom. The average Bonchev–Trinajstić information content (AvgIpc) is 3.17.